The monoisotopic (exact) mass is 276 g/mol. The zero-order valence-electron chi connectivity index (χ0n) is 11.9. The van der Waals surface area contributed by atoms with Crippen molar-refractivity contribution in [3.05, 3.63) is 27.9 Å². The number of anilines is 1. The Balaban J connectivity index is 2.89. The molecule has 1 atom stereocenters. The van der Waals surface area contributed by atoms with Gasteiger partial charge < -0.3 is 5.32 Å². The summed E-state index contributed by atoms with van der Waals surface area (Å²) in [4.78, 5) is 14.2. The third kappa shape index (κ3) is 4.50. The number of hydrogen-bond acceptors (Lipinski definition) is 5. The highest BCUT2D eigenvalue weighted by molar-refractivity contribution is 5.55. The lowest BCUT2D eigenvalue weighted by atomic mass is 10.0. The smallest absolute Gasteiger partial charge is 0.289 e. The zero-order valence-corrected chi connectivity index (χ0v) is 11.9. The van der Waals surface area contributed by atoms with Gasteiger partial charge in [-0.15, -0.1) is 0 Å². The van der Waals surface area contributed by atoms with E-state index in [9.17, 15) is 10.1 Å². The van der Waals surface area contributed by atoms with E-state index < -0.39 is 4.92 Å². The van der Waals surface area contributed by atoms with Crippen LogP contribution in [0.1, 0.15) is 51.5 Å². The number of pyridine rings is 1. The summed E-state index contributed by atoms with van der Waals surface area (Å²) in [6.45, 7) is 4.24. The topological polar surface area (TPSA) is 91.8 Å². The molecule has 1 aromatic rings. The van der Waals surface area contributed by atoms with Crippen LogP contribution >= 0.6 is 0 Å². The third-order valence-electron chi connectivity index (χ3n) is 3.09. The van der Waals surface area contributed by atoms with E-state index in [4.69, 9.17) is 5.26 Å². The Morgan fingerprint density at radius 3 is 2.75 bits per heavy atom. The molecular weight excluding hydrogens is 256 g/mol. The van der Waals surface area contributed by atoms with Gasteiger partial charge in [0, 0.05) is 12.1 Å². The molecule has 6 nitrogen and oxygen atoms in total. The van der Waals surface area contributed by atoms with Gasteiger partial charge in [-0.05, 0) is 12.8 Å². The van der Waals surface area contributed by atoms with Gasteiger partial charge >= 0.3 is 0 Å². The lowest BCUT2D eigenvalue weighted by molar-refractivity contribution is -0.385. The lowest BCUT2D eigenvalue weighted by Gasteiger charge is -2.18. The number of hydrogen-bond donors (Lipinski definition) is 1. The second-order valence-electron chi connectivity index (χ2n) is 4.73. The summed E-state index contributed by atoms with van der Waals surface area (Å²) < 4.78 is 0. The molecule has 108 valence electrons. The van der Waals surface area contributed by atoms with Crippen LogP contribution in [0, 0.1) is 21.4 Å². The van der Waals surface area contributed by atoms with Gasteiger partial charge in [0.1, 0.15) is 23.6 Å². The van der Waals surface area contributed by atoms with Crippen LogP contribution < -0.4 is 5.32 Å². The quantitative estimate of drug-likeness (QED) is 0.578. The van der Waals surface area contributed by atoms with Crippen molar-refractivity contribution in [3.8, 4) is 6.07 Å². The fraction of sp³-hybridized carbons (Fsp3) is 0.571. The van der Waals surface area contributed by atoms with Crippen molar-refractivity contribution in [1.29, 1.82) is 5.26 Å². The van der Waals surface area contributed by atoms with Gasteiger partial charge in [-0.3, -0.25) is 10.1 Å². The summed E-state index contributed by atoms with van der Waals surface area (Å²) in [6, 6.07) is 3.48. The maximum atomic E-state index is 10.7. The van der Waals surface area contributed by atoms with E-state index in [2.05, 4.69) is 24.1 Å². The normalized spacial score (nSPS) is 11.7. The largest absolute Gasteiger partial charge is 0.366 e. The van der Waals surface area contributed by atoms with E-state index in [1.807, 2.05) is 6.07 Å². The number of nitro groups is 1. The lowest BCUT2D eigenvalue weighted by Crippen LogP contribution is -2.20. The van der Waals surface area contributed by atoms with Crippen LogP contribution in [0.3, 0.4) is 0 Å². The fourth-order valence-electron chi connectivity index (χ4n) is 2.03. The first kappa shape index (κ1) is 15.9. The molecule has 0 saturated heterocycles. The molecule has 20 heavy (non-hydrogen) atoms. The number of aromatic nitrogens is 1. The van der Waals surface area contributed by atoms with E-state index >= 15 is 0 Å². The molecule has 1 N–H and O–H groups in total. The van der Waals surface area contributed by atoms with Crippen molar-refractivity contribution in [2.45, 2.75) is 52.0 Å². The molecule has 0 amide bonds. The molecule has 1 rings (SSSR count). The number of nitriles is 1. The fourth-order valence-corrected chi connectivity index (χ4v) is 2.03. The summed E-state index contributed by atoms with van der Waals surface area (Å²) in [5.41, 5.74) is 0.0597. The number of unbranched alkanes of at least 4 members (excludes halogenated alkanes) is 1. The first-order valence-electron chi connectivity index (χ1n) is 6.93. The molecule has 1 aromatic heterocycles. The highest BCUT2D eigenvalue weighted by Crippen LogP contribution is 2.21. The second-order valence-corrected chi connectivity index (χ2v) is 4.73. The molecule has 0 aliphatic rings. The minimum absolute atomic E-state index is 0.160. The summed E-state index contributed by atoms with van der Waals surface area (Å²) in [5, 5.41) is 23.0. The molecule has 0 aromatic carbocycles. The minimum atomic E-state index is -0.543. The van der Waals surface area contributed by atoms with Crippen molar-refractivity contribution in [2.75, 3.05) is 5.32 Å². The molecule has 0 fully saturated rings. The highest BCUT2D eigenvalue weighted by Gasteiger charge is 2.15. The van der Waals surface area contributed by atoms with E-state index in [0.29, 0.717) is 5.82 Å². The van der Waals surface area contributed by atoms with Gasteiger partial charge in [0.25, 0.3) is 5.69 Å². The predicted octanol–water partition coefficient (Wildman–Crippen LogP) is 3.63. The van der Waals surface area contributed by atoms with Crippen molar-refractivity contribution in [1.82, 2.24) is 4.98 Å². The first-order valence-corrected chi connectivity index (χ1v) is 6.93. The molecule has 0 radical (unpaired) electrons. The Labute approximate surface area is 119 Å². The van der Waals surface area contributed by atoms with Gasteiger partial charge in [0.15, 0.2) is 0 Å². The Morgan fingerprint density at radius 1 is 1.45 bits per heavy atom. The third-order valence-corrected chi connectivity index (χ3v) is 3.09. The average Bonchev–Trinajstić information content (AvgIpc) is 2.45. The Hall–Kier alpha value is -2.16. The first-order chi connectivity index (χ1) is 9.62. The molecule has 0 spiro atoms. The van der Waals surface area contributed by atoms with Crippen LogP contribution in [0.4, 0.5) is 11.5 Å². The van der Waals surface area contributed by atoms with E-state index in [0.717, 1.165) is 32.1 Å². The Kier molecular flexibility index (Phi) is 6.44. The molecule has 1 heterocycles. The van der Waals surface area contributed by atoms with Crippen molar-refractivity contribution < 1.29 is 4.92 Å². The molecule has 0 bridgehead atoms. The molecule has 0 aliphatic carbocycles. The molecular formula is C14H20N4O2. The molecule has 0 aliphatic heterocycles. The van der Waals surface area contributed by atoms with E-state index in [1.54, 1.807) is 0 Å². The van der Waals surface area contributed by atoms with Crippen LogP contribution in [-0.4, -0.2) is 15.9 Å². The predicted molar refractivity (Wildman–Crippen MR) is 77.5 cm³/mol. The summed E-state index contributed by atoms with van der Waals surface area (Å²) in [6.07, 6.45) is 6.44. The molecule has 0 saturated carbocycles. The van der Waals surface area contributed by atoms with E-state index in [-0.39, 0.29) is 17.3 Å². The van der Waals surface area contributed by atoms with Crippen LogP contribution in [0.15, 0.2) is 12.3 Å². The summed E-state index contributed by atoms with van der Waals surface area (Å²) in [5.74, 6) is 0.438. The Bertz CT molecular complexity index is 496. The number of nitrogens with one attached hydrogen (secondary N) is 1. The van der Waals surface area contributed by atoms with Gasteiger partial charge in [-0.1, -0.05) is 33.1 Å². The van der Waals surface area contributed by atoms with Gasteiger partial charge in [0.2, 0.25) is 0 Å². The van der Waals surface area contributed by atoms with Crippen LogP contribution in [0.5, 0.6) is 0 Å². The SMILES string of the molecule is CCCCC(CCC)Nc1ncc([N+](=O)[O-])cc1C#N. The van der Waals surface area contributed by atoms with Crippen molar-refractivity contribution in [2.24, 2.45) is 0 Å². The van der Waals surface area contributed by atoms with Crippen LogP contribution in [0.25, 0.3) is 0 Å². The maximum absolute atomic E-state index is 10.7. The van der Waals surface area contributed by atoms with Gasteiger partial charge in [0.05, 0.1) is 4.92 Å². The standard InChI is InChI=1S/C14H20N4O2/c1-3-5-7-12(6-4-2)17-14-11(9-15)8-13(10-16-14)18(19)20/h8,10,12H,3-7H2,1-2H3,(H,16,17). The summed E-state index contributed by atoms with van der Waals surface area (Å²) >= 11 is 0. The molecule has 1 unspecified atom stereocenters. The van der Waals surface area contributed by atoms with E-state index in [1.165, 1.54) is 12.3 Å². The second kappa shape index (κ2) is 8.10. The Morgan fingerprint density at radius 2 is 2.20 bits per heavy atom. The zero-order chi connectivity index (χ0) is 15.0. The van der Waals surface area contributed by atoms with Crippen molar-refractivity contribution in [3.63, 3.8) is 0 Å². The minimum Gasteiger partial charge on any atom is -0.366 e. The molecule has 6 heteroatoms. The van der Waals surface area contributed by atoms with Crippen LogP contribution in [-0.2, 0) is 0 Å². The van der Waals surface area contributed by atoms with Crippen molar-refractivity contribution >= 4 is 11.5 Å². The van der Waals surface area contributed by atoms with Gasteiger partial charge in [-0.2, -0.15) is 5.26 Å². The maximum Gasteiger partial charge on any atom is 0.289 e. The van der Waals surface area contributed by atoms with Crippen LogP contribution in [0.2, 0.25) is 0 Å². The van der Waals surface area contributed by atoms with Gasteiger partial charge in [-0.25, -0.2) is 4.98 Å². The summed E-state index contributed by atoms with van der Waals surface area (Å²) in [7, 11) is 0. The number of rotatable bonds is 8. The average molecular weight is 276 g/mol. The highest BCUT2D eigenvalue weighted by atomic mass is 16.6. The number of nitrogens with zero attached hydrogens (tertiary/aromatic N) is 3.